The number of fused-ring (bicyclic) bond motifs is 2. The molecule has 132 valence electrons. The van der Waals surface area contributed by atoms with Crippen molar-refractivity contribution in [2.45, 2.75) is 58.4 Å². The monoisotopic (exact) mass is 349 g/mol. The predicted octanol–water partition coefficient (Wildman–Crippen LogP) is 4.75. The van der Waals surface area contributed by atoms with Gasteiger partial charge in [0.15, 0.2) is 0 Å². The number of carbonyl (C=O) groups is 1. The third-order valence-corrected chi connectivity index (χ3v) is 6.19. The lowest BCUT2D eigenvalue weighted by atomic mass is 9.84. The quantitative estimate of drug-likeness (QED) is 0.721. The van der Waals surface area contributed by atoms with Crippen molar-refractivity contribution in [2.24, 2.45) is 17.8 Å². The molecule has 24 heavy (non-hydrogen) atoms. The molecule has 0 radical (unpaired) electrons. The molecule has 1 aromatic carbocycles. The lowest BCUT2D eigenvalue weighted by molar-refractivity contribution is -0.122. The van der Waals surface area contributed by atoms with E-state index < -0.39 is 0 Å². The summed E-state index contributed by atoms with van der Waals surface area (Å²) in [6.45, 7) is 4.69. The average molecular weight is 350 g/mol. The number of ether oxygens (including phenoxy) is 1. The fourth-order valence-corrected chi connectivity index (χ4v) is 4.59. The second-order valence-corrected chi connectivity index (χ2v) is 7.97. The highest BCUT2D eigenvalue weighted by molar-refractivity contribution is 6.31. The zero-order valence-corrected chi connectivity index (χ0v) is 15.4. The maximum absolute atomic E-state index is 12.1. The Labute approximate surface area is 150 Å². The molecule has 0 aromatic heterocycles. The number of benzene rings is 1. The van der Waals surface area contributed by atoms with E-state index in [1.165, 1.54) is 25.7 Å². The number of hydrogen-bond acceptors (Lipinski definition) is 2. The summed E-state index contributed by atoms with van der Waals surface area (Å²) in [5, 5.41) is 3.96. The topological polar surface area (TPSA) is 38.3 Å². The summed E-state index contributed by atoms with van der Waals surface area (Å²) in [5.74, 6) is 3.44. The van der Waals surface area contributed by atoms with Crippen molar-refractivity contribution in [3.05, 3.63) is 28.8 Å². The van der Waals surface area contributed by atoms with Crippen LogP contribution in [0.3, 0.4) is 0 Å². The summed E-state index contributed by atoms with van der Waals surface area (Å²) >= 11 is 6.00. The summed E-state index contributed by atoms with van der Waals surface area (Å²) < 4.78 is 5.70. The molecule has 4 atom stereocenters. The largest absolute Gasteiger partial charge is 0.494 e. The Hall–Kier alpha value is -1.22. The van der Waals surface area contributed by atoms with Gasteiger partial charge in [-0.1, -0.05) is 18.0 Å². The van der Waals surface area contributed by atoms with Crippen LogP contribution in [-0.4, -0.2) is 18.6 Å². The fourth-order valence-electron chi connectivity index (χ4n) is 4.47. The lowest BCUT2D eigenvalue weighted by Gasteiger charge is -2.28. The van der Waals surface area contributed by atoms with Crippen LogP contribution >= 0.6 is 11.6 Å². The Morgan fingerprint density at radius 1 is 1.38 bits per heavy atom. The van der Waals surface area contributed by atoms with Gasteiger partial charge >= 0.3 is 0 Å². The van der Waals surface area contributed by atoms with Gasteiger partial charge in [0.1, 0.15) is 5.75 Å². The van der Waals surface area contributed by atoms with Crippen LogP contribution in [0.4, 0.5) is 0 Å². The van der Waals surface area contributed by atoms with Crippen LogP contribution in [0.25, 0.3) is 0 Å². The van der Waals surface area contributed by atoms with Gasteiger partial charge in [0.2, 0.25) is 5.91 Å². The first-order valence-electron chi connectivity index (χ1n) is 9.21. The molecule has 1 N–H and O–H groups in total. The minimum atomic E-state index is 0.154. The SMILES string of the molecule is Cc1cc(OCCCC(=O)N[C@@H](C)[C@H]2C[C@H]3CC[C@H]2C3)ccc1Cl. The standard InChI is InChI=1S/C20H28ClNO2/c1-13-10-17(7-8-19(13)21)24-9-3-4-20(23)22-14(2)18-12-15-5-6-16(18)11-15/h7-8,10,14-16,18H,3-6,9,11-12H2,1-2H3,(H,22,23)/t14-,15-,16-,18+/m0/s1. The molecule has 2 aliphatic rings. The fraction of sp³-hybridized carbons (Fsp3) is 0.650. The van der Waals surface area contributed by atoms with Gasteiger partial charge in [0.25, 0.3) is 0 Å². The summed E-state index contributed by atoms with van der Waals surface area (Å²) in [6, 6.07) is 5.95. The van der Waals surface area contributed by atoms with Crippen molar-refractivity contribution in [1.29, 1.82) is 0 Å². The van der Waals surface area contributed by atoms with Crippen LogP contribution < -0.4 is 10.1 Å². The molecular weight excluding hydrogens is 322 g/mol. The number of rotatable bonds is 7. The maximum Gasteiger partial charge on any atom is 0.220 e. The Kier molecular flexibility index (Phi) is 5.70. The van der Waals surface area contributed by atoms with Crippen molar-refractivity contribution >= 4 is 17.5 Å². The van der Waals surface area contributed by atoms with Crippen LogP contribution in [0, 0.1) is 24.7 Å². The molecule has 3 nitrogen and oxygen atoms in total. The highest BCUT2D eigenvalue weighted by Crippen LogP contribution is 2.49. The second kappa shape index (κ2) is 7.77. The van der Waals surface area contributed by atoms with E-state index in [2.05, 4.69) is 12.2 Å². The molecular formula is C20H28ClNO2. The average Bonchev–Trinajstić information content (AvgIpc) is 3.18. The molecule has 0 spiro atoms. The van der Waals surface area contributed by atoms with E-state index in [9.17, 15) is 4.79 Å². The molecule has 3 rings (SSSR count). The van der Waals surface area contributed by atoms with E-state index >= 15 is 0 Å². The van der Waals surface area contributed by atoms with Crippen LogP contribution in [-0.2, 0) is 4.79 Å². The summed E-state index contributed by atoms with van der Waals surface area (Å²) in [7, 11) is 0. The van der Waals surface area contributed by atoms with Gasteiger partial charge in [-0.15, -0.1) is 0 Å². The molecule has 0 saturated heterocycles. The molecule has 2 fully saturated rings. The number of carbonyl (C=O) groups excluding carboxylic acids is 1. The highest BCUT2D eigenvalue weighted by Gasteiger charge is 2.41. The Morgan fingerprint density at radius 2 is 2.21 bits per heavy atom. The van der Waals surface area contributed by atoms with Gasteiger partial charge in [-0.05, 0) is 81.0 Å². The van der Waals surface area contributed by atoms with E-state index in [1.54, 1.807) is 0 Å². The molecule has 2 bridgehead atoms. The van der Waals surface area contributed by atoms with E-state index in [1.807, 2.05) is 25.1 Å². The van der Waals surface area contributed by atoms with Gasteiger partial charge < -0.3 is 10.1 Å². The van der Waals surface area contributed by atoms with Crippen molar-refractivity contribution < 1.29 is 9.53 Å². The van der Waals surface area contributed by atoms with Gasteiger partial charge in [-0.2, -0.15) is 0 Å². The first kappa shape index (κ1) is 17.6. The second-order valence-electron chi connectivity index (χ2n) is 7.56. The summed E-state index contributed by atoms with van der Waals surface area (Å²) in [4.78, 5) is 12.1. The van der Waals surface area contributed by atoms with Crippen molar-refractivity contribution in [2.75, 3.05) is 6.61 Å². The number of aryl methyl sites for hydroxylation is 1. The van der Waals surface area contributed by atoms with Gasteiger partial charge in [-0.3, -0.25) is 4.79 Å². The van der Waals surface area contributed by atoms with Crippen LogP contribution in [0.2, 0.25) is 5.02 Å². The molecule has 0 unspecified atom stereocenters. The normalized spacial score (nSPS) is 26.4. The Bertz CT molecular complexity index is 589. The number of amides is 1. The number of halogens is 1. The zero-order chi connectivity index (χ0) is 17.1. The summed E-state index contributed by atoms with van der Waals surface area (Å²) in [6.07, 6.45) is 6.73. The molecule has 0 aliphatic heterocycles. The third-order valence-electron chi connectivity index (χ3n) is 5.77. The number of hydrogen-bond donors (Lipinski definition) is 1. The van der Waals surface area contributed by atoms with E-state index in [4.69, 9.17) is 16.3 Å². The third kappa shape index (κ3) is 4.24. The Balaban J connectivity index is 1.34. The highest BCUT2D eigenvalue weighted by atomic mass is 35.5. The molecule has 2 aliphatic carbocycles. The smallest absolute Gasteiger partial charge is 0.220 e. The lowest BCUT2D eigenvalue weighted by Crippen LogP contribution is -2.40. The molecule has 0 heterocycles. The predicted molar refractivity (Wildman–Crippen MR) is 97.5 cm³/mol. The van der Waals surface area contributed by atoms with E-state index in [-0.39, 0.29) is 5.91 Å². The number of nitrogens with one attached hydrogen (secondary N) is 1. The molecule has 2 saturated carbocycles. The first-order valence-corrected chi connectivity index (χ1v) is 9.59. The van der Waals surface area contributed by atoms with Gasteiger partial charge in [0.05, 0.1) is 6.61 Å². The van der Waals surface area contributed by atoms with Crippen molar-refractivity contribution in [3.8, 4) is 5.75 Å². The minimum Gasteiger partial charge on any atom is -0.494 e. The van der Waals surface area contributed by atoms with Crippen molar-refractivity contribution in [1.82, 2.24) is 5.32 Å². The Morgan fingerprint density at radius 3 is 2.88 bits per heavy atom. The molecule has 1 amide bonds. The van der Waals surface area contributed by atoms with E-state index in [0.717, 1.165) is 34.6 Å². The minimum absolute atomic E-state index is 0.154. The van der Waals surface area contributed by atoms with Gasteiger partial charge in [-0.25, -0.2) is 0 Å². The summed E-state index contributed by atoms with van der Waals surface area (Å²) in [5.41, 5.74) is 1.01. The molecule has 4 heteroatoms. The maximum atomic E-state index is 12.1. The van der Waals surface area contributed by atoms with Gasteiger partial charge in [0, 0.05) is 17.5 Å². The van der Waals surface area contributed by atoms with Crippen molar-refractivity contribution in [3.63, 3.8) is 0 Å². The van der Waals surface area contributed by atoms with Crippen LogP contribution in [0.5, 0.6) is 5.75 Å². The molecule has 1 aromatic rings. The zero-order valence-electron chi connectivity index (χ0n) is 14.7. The first-order chi connectivity index (χ1) is 11.5. The van der Waals surface area contributed by atoms with E-state index in [0.29, 0.717) is 25.0 Å². The van der Waals surface area contributed by atoms with Crippen LogP contribution in [0.1, 0.15) is 51.0 Å². The van der Waals surface area contributed by atoms with Crippen LogP contribution in [0.15, 0.2) is 18.2 Å².